The Morgan fingerprint density at radius 3 is 2.34 bits per heavy atom. The fourth-order valence-corrected chi connectivity index (χ4v) is 3.60. The molecule has 1 atom stereocenters. The minimum Gasteiger partial charge on any atom is -0.490 e. The lowest BCUT2D eigenvalue weighted by Crippen LogP contribution is -2.48. The van der Waals surface area contributed by atoms with Crippen molar-refractivity contribution in [3.63, 3.8) is 0 Å². The molecule has 0 aliphatic rings. The van der Waals surface area contributed by atoms with Crippen molar-refractivity contribution in [2.45, 2.75) is 32.9 Å². The van der Waals surface area contributed by atoms with E-state index in [1.807, 2.05) is 0 Å². The number of furan rings is 1. The lowest BCUT2D eigenvalue weighted by atomic mass is 10.0. The van der Waals surface area contributed by atoms with E-state index in [1.165, 1.54) is 38.6 Å². The number of amidine groups is 1. The van der Waals surface area contributed by atoms with Crippen LogP contribution in [0.3, 0.4) is 0 Å². The molecule has 11 heteroatoms. The molecule has 0 spiro atoms. The highest BCUT2D eigenvalue weighted by atomic mass is 19.1. The van der Waals surface area contributed by atoms with E-state index in [1.54, 1.807) is 51.1 Å². The third kappa shape index (κ3) is 6.41. The molecule has 1 aromatic heterocycles. The van der Waals surface area contributed by atoms with Crippen molar-refractivity contribution in [1.29, 1.82) is 5.41 Å². The van der Waals surface area contributed by atoms with Gasteiger partial charge < -0.3 is 24.9 Å². The summed E-state index contributed by atoms with van der Waals surface area (Å²) in [5.74, 6) is -1.51. The summed E-state index contributed by atoms with van der Waals surface area (Å²) in [7, 11) is 2.80. The van der Waals surface area contributed by atoms with Gasteiger partial charge in [-0.15, -0.1) is 0 Å². The van der Waals surface area contributed by atoms with E-state index in [0.29, 0.717) is 17.9 Å². The minimum atomic E-state index is -1.28. The van der Waals surface area contributed by atoms with Crippen molar-refractivity contribution < 1.29 is 27.9 Å². The van der Waals surface area contributed by atoms with Gasteiger partial charge in [0.25, 0.3) is 5.91 Å². The summed E-state index contributed by atoms with van der Waals surface area (Å²) in [6.45, 7) is 5.68. The maximum Gasteiger partial charge on any atom is 0.307 e. The van der Waals surface area contributed by atoms with Gasteiger partial charge in [0.1, 0.15) is 17.7 Å². The van der Waals surface area contributed by atoms with E-state index in [9.17, 15) is 9.59 Å². The molecule has 202 valence electrons. The normalized spacial score (nSPS) is 11.6. The smallest absolute Gasteiger partial charge is 0.307 e. The number of anilines is 1. The van der Waals surface area contributed by atoms with E-state index >= 15 is 4.39 Å². The first-order valence-corrected chi connectivity index (χ1v) is 12.0. The topological polar surface area (TPSA) is 134 Å². The van der Waals surface area contributed by atoms with E-state index in [-0.39, 0.29) is 34.8 Å². The van der Waals surface area contributed by atoms with Gasteiger partial charge in [0.2, 0.25) is 0 Å². The number of nitrogens with zero attached hydrogens (tertiary/aromatic N) is 2. The number of nitrogens with one attached hydrogen (secondary N) is 2. The first-order chi connectivity index (χ1) is 18.0. The van der Waals surface area contributed by atoms with Crippen molar-refractivity contribution in [1.82, 2.24) is 10.0 Å². The number of carbonyl (C=O) groups is 2. The summed E-state index contributed by atoms with van der Waals surface area (Å²) in [6, 6.07) is 10.8. The summed E-state index contributed by atoms with van der Waals surface area (Å²) in [5, 5.41) is 12.8. The van der Waals surface area contributed by atoms with Crippen LogP contribution >= 0.6 is 0 Å². The highest BCUT2D eigenvalue weighted by Crippen LogP contribution is 2.35. The molecule has 10 nitrogen and oxygen atoms in total. The predicted molar refractivity (Wildman–Crippen MR) is 141 cm³/mol. The van der Waals surface area contributed by atoms with E-state index in [0.717, 1.165) is 10.0 Å². The van der Waals surface area contributed by atoms with Crippen LogP contribution in [0.25, 0.3) is 0 Å². The number of rotatable bonds is 10. The minimum absolute atomic E-state index is 0.0177. The van der Waals surface area contributed by atoms with Gasteiger partial charge in [-0.25, -0.2) is 9.40 Å². The Hall–Kier alpha value is -4.54. The molecule has 3 aromatic rings. The number of nitrogens with two attached hydrogens (primary N) is 1. The third-order valence-corrected chi connectivity index (χ3v) is 5.59. The van der Waals surface area contributed by atoms with E-state index in [2.05, 4.69) is 5.32 Å². The predicted octanol–water partition coefficient (Wildman–Crippen LogP) is 4.19. The zero-order valence-electron chi connectivity index (χ0n) is 21.9. The Morgan fingerprint density at radius 2 is 1.79 bits per heavy atom. The summed E-state index contributed by atoms with van der Waals surface area (Å²) >= 11 is 0. The second kappa shape index (κ2) is 12.1. The fraction of sp³-hybridized carbons (Fsp3) is 0.296. The molecule has 0 saturated carbocycles. The molecule has 0 aliphatic heterocycles. The molecule has 1 unspecified atom stereocenters. The van der Waals surface area contributed by atoms with Crippen LogP contribution < -0.4 is 20.5 Å². The number of hydrazine groups is 1. The van der Waals surface area contributed by atoms with Crippen LogP contribution in [0.5, 0.6) is 11.5 Å². The van der Waals surface area contributed by atoms with Crippen molar-refractivity contribution in [2.24, 2.45) is 5.73 Å². The first-order valence-electron chi connectivity index (χ1n) is 12.0. The Labute approximate surface area is 220 Å². The molecule has 2 amide bonds. The Kier molecular flexibility index (Phi) is 8.95. The molecule has 3 rings (SSSR count). The van der Waals surface area contributed by atoms with Crippen LogP contribution in [0.4, 0.5) is 10.1 Å². The average molecular weight is 526 g/mol. The summed E-state index contributed by atoms with van der Waals surface area (Å²) in [5.41, 5.74) is 6.47. The number of nitrogen functional groups attached to an aromatic ring is 1. The number of carbonyl (C=O) groups excluding carboxylic acids is 2. The number of hydrogen-bond donors (Lipinski definition) is 3. The Balaban J connectivity index is 2.04. The summed E-state index contributed by atoms with van der Waals surface area (Å²) in [4.78, 5) is 26.6. The zero-order chi connectivity index (χ0) is 28.0. The van der Waals surface area contributed by atoms with Gasteiger partial charge in [0, 0.05) is 37.0 Å². The van der Waals surface area contributed by atoms with Crippen molar-refractivity contribution in [3.05, 3.63) is 77.5 Å². The van der Waals surface area contributed by atoms with Gasteiger partial charge in [0.05, 0.1) is 19.0 Å². The van der Waals surface area contributed by atoms with Crippen molar-refractivity contribution >= 4 is 23.3 Å². The Morgan fingerprint density at radius 1 is 1.11 bits per heavy atom. The molecule has 0 radical (unpaired) electrons. The molecule has 0 bridgehead atoms. The molecular weight excluding hydrogens is 493 g/mol. The van der Waals surface area contributed by atoms with Crippen molar-refractivity contribution in [2.75, 3.05) is 26.0 Å². The summed E-state index contributed by atoms with van der Waals surface area (Å²) in [6.07, 6.45) is 1.12. The number of likely N-dealkylation sites (N-methyl/N-ethyl adjacent to an activating group) is 1. The first kappa shape index (κ1) is 28.0. The van der Waals surface area contributed by atoms with E-state index in [4.69, 9.17) is 25.0 Å². The molecule has 4 N–H and O–H groups in total. The largest absolute Gasteiger partial charge is 0.490 e. The van der Waals surface area contributed by atoms with Gasteiger partial charge in [0.15, 0.2) is 17.3 Å². The molecule has 1 heterocycles. The van der Waals surface area contributed by atoms with Gasteiger partial charge in [-0.1, -0.05) is 0 Å². The number of hydrogen-bond acceptors (Lipinski definition) is 7. The lowest BCUT2D eigenvalue weighted by molar-refractivity contribution is -0.141. The van der Waals surface area contributed by atoms with Crippen LogP contribution in [0.15, 0.2) is 59.2 Å². The average Bonchev–Trinajstić information content (AvgIpc) is 3.42. The maximum atomic E-state index is 15.6. The number of ether oxygens (including phenoxy) is 2. The third-order valence-electron chi connectivity index (χ3n) is 5.59. The van der Waals surface area contributed by atoms with Crippen LogP contribution in [0.2, 0.25) is 0 Å². The molecule has 0 aliphatic carbocycles. The lowest BCUT2D eigenvalue weighted by Gasteiger charge is -2.32. The standard InChI is InChI=1S/C27H32FN5O5/c1-6-36-22-14-19(20(28)15-23(22)38-16(2)3)24(31-18-11-9-17(10-12-18)25(29)30)27(35)33(5)32(4)26(34)21-8-7-13-37-21/h7-16,24,31H,6H2,1-5H3,(H3,29,30). The SMILES string of the molecule is CCOc1cc(C(Nc2ccc(C(=N)N)cc2)C(=O)N(C)N(C)C(=O)c2ccco2)c(F)cc1OC(C)C. The van der Waals surface area contributed by atoms with Crippen LogP contribution in [-0.4, -0.2) is 54.5 Å². The molecule has 0 fully saturated rings. The molecular formula is C27H32FN5O5. The summed E-state index contributed by atoms with van der Waals surface area (Å²) < 4.78 is 32.1. The molecule has 0 saturated heterocycles. The van der Waals surface area contributed by atoms with E-state index < -0.39 is 23.7 Å². The fourth-order valence-electron chi connectivity index (χ4n) is 3.60. The number of benzene rings is 2. The zero-order valence-corrected chi connectivity index (χ0v) is 21.9. The van der Waals surface area contributed by atoms with Crippen LogP contribution in [-0.2, 0) is 4.79 Å². The van der Waals surface area contributed by atoms with Crippen LogP contribution in [0, 0.1) is 11.2 Å². The van der Waals surface area contributed by atoms with Crippen LogP contribution in [0.1, 0.15) is 48.5 Å². The number of halogens is 1. The molecule has 38 heavy (non-hydrogen) atoms. The van der Waals surface area contributed by atoms with Gasteiger partial charge in [-0.3, -0.25) is 20.0 Å². The van der Waals surface area contributed by atoms with Gasteiger partial charge in [-0.05, 0) is 63.2 Å². The maximum absolute atomic E-state index is 15.6. The Bertz CT molecular complexity index is 1280. The highest BCUT2D eigenvalue weighted by molar-refractivity contribution is 5.96. The second-order valence-electron chi connectivity index (χ2n) is 8.66. The number of amides is 2. The van der Waals surface area contributed by atoms with Gasteiger partial charge in [-0.2, -0.15) is 0 Å². The quantitative estimate of drug-likeness (QED) is 0.205. The monoisotopic (exact) mass is 525 g/mol. The molecule has 2 aromatic carbocycles. The van der Waals surface area contributed by atoms with Gasteiger partial charge >= 0.3 is 5.91 Å². The van der Waals surface area contributed by atoms with Crippen molar-refractivity contribution in [3.8, 4) is 11.5 Å². The highest BCUT2D eigenvalue weighted by Gasteiger charge is 2.32. The second-order valence-corrected chi connectivity index (χ2v) is 8.66.